The summed E-state index contributed by atoms with van der Waals surface area (Å²) in [7, 11) is 1.61. The van der Waals surface area contributed by atoms with Crippen LogP contribution in [0.4, 0.5) is 0 Å². The predicted octanol–water partition coefficient (Wildman–Crippen LogP) is 8.79. The first-order chi connectivity index (χ1) is 20.0. The van der Waals surface area contributed by atoms with Crippen LogP contribution in [0.2, 0.25) is 0 Å². The number of aromatic nitrogens is 2. The number of benzene rings is 2. The Kier molecular flexibility index (Phi) is 13.9. The number of nitrogens with zero attached hydrogens (tertiary/aromatic N) is 3. The van der Waals surface area contributed by atoms with E-state index in [1.165, 1.54) is 44.9 Å². The van der Waals surface area contributed by atoms with Crippen LogP contribution >= 0.6 is 0 Å². The molecule has 0 spiro atoms. The van der Waals surface area contributed by atoms with Crippen molar-refractivity contribution in [1.29, 1.82) is 0 Å². The standard InChI is InChI=1S/C35H51N3O3/c1-5-7-9-11-12-13-14-15-16-26-33(39)37(27-21-10-8-6-2)28(3)34-36-30-23-18-17-22-29(30)35(40)38(34)31-24-19-20-25-32(31)41-4/h17-20,22-25,28H,5-16,21,26-27H2,1-4H3/t28-/m1/s1. The smallest absolute Gasteiger partial charge is 0.266 e. The number of rotatable bonds is 19. The van der Waals surface area contributed by atoms with E-state index in [1.807, 2.05) is 60.4 Å². The van der Waals surface area contributed by atoms with Crippen molar-refractivity contribution < 1.29 is 9.53 Å². The van der Waals surface area contributed by atoms with Gasteiger partial charge in [-0.1, -0.05) is 109 Å². The van der Waals surface area contributed by atoms with E-state index in [0.717, 1.165) is 38.5 Å². The number of amides is 1. The third-order valence-electron chi connectivity index (χ3n) is 8.04. The van der Waals surface area contributed by atoms with Crippen molar-refractivity contribution in [1.82, 2.24) is 14.5 Å². The lowest BCUT2D eigenvalue weighted by Crippen LogP contribution is -2.38. The maximum absolute atomic E-state index is 13.9. The van der Waals surface area contributed by atoms with Gasteiger partial charge in [0.2, 0.25) is 5.91 Å². The van der Waals surface area contributed by atoms with Gasteiger partial charge >= 0.3 is 0 Å². The lowest BCUT2D eigenvalue weighted by molar-refractivity contribution is -0.133. The normalized spacial score (nSPS) is 12.0. The predicted molar refractivity (Wildman–Crippen MR) is 170 cm³/mol. The highest BCUT2D eigenvalue weighted by Crippen LogP contribution is 2.28. The SMILES string of the molecule is CCCCCCCCCCCC(=O)N(CCCCCC)[C@H](C)c1nc2ccccc2c(=O)n1-c1ccccc1OC. The zero-order valence-electron chi connectivity index (χ0n) is 25.9. The van der Waals surface area contributed by atoms with Crippen molar-refractivity contribution in [3.8, 4) is 11.4 Å². The van der Waals surface area contributed by atoms with Crippen LogP contribution in [-0.4, -0.2) is 34.0 Å². The Morgan fingerprint density at radius 2 is 1.41 bits per heavy atom. The summed E-state index contributed by atoms with van der Waals surface area (Å²) in [5, 5.41) is 0.546. The Bertz CT molecular complexity index is 1270. The van der Waals surface area contributed by atoms with E-state index < -0.39 is 0 Å². The second-order valence-corrected chi connectivity index (χ2v) is 11.2. The number of hydrogen-bond acceptors (Lipinski definition) is 4. The minimum atomic E-state index is -0.370. The number of ether oxygens (including phenoxy) is 1. The zero-order valence-corrected chi connectivity index (χ0v) is 25.9. The van der Waals surface area contributed by atoms with Crippen LogP contribution in [0.15, 0.2) is 53.3 Å². The molecule has 6 heteroatoms. The number of fused-ring (bicyclic) bond motifs is 1. The summed E-state index contributed by atoms with van der Waals surface area (Å²) in [6.45, 7) is 7.11. The third-order valence-corrected chi connectivity index (χ3v) is 8.04. The van der Waals surface area contributed by atoms with Crippen molar-refractivity contribution in [2.45, 2.75) is 117 Å². The first kappa shape index (κ1) is 32.4. The quantitative estimate of drug-likeness (QED) is 0.137. The van der Waals surface area contributed by atoms with Crippen LogP contribution in [0.5, 0.6) is 5.75 Å². The van der Waals surface area contributed by atoms with Crippen LogP contribution in [0.25, 0.3) is 16.6 Å². The van der Waals surface area contributed by atoms with Gasteiger partial charge in [0.1, 0.15) is 11.6 Å². The van der Waals surface area contributed by atoms with Gasteiger partial charge in [-0.05, 0) is 44.0 Å². The molecule has 1 amide bonds. The van der Waals surface area contributed by atoms with Gasteiger partial charge in [-0.15, -0.1) is 0 Å². The molecule has 0 fully saturated rings. The number of para-hydroxylation sites is 3. The maximum atomic E-state index is 13.9. The van der Waals surface area contributed by atoms with Crippen molar-refractivity contribution >= 4 is 16.8 Å². The summed E-state index contributed by atoms with van der Waals surface area (Å²) >= 11 is 0. The lowest BCUT2D eigenvalue weighted by Gasteiger charge is -2.31. The van der Waals surface area contributed by atoms with Crippen LogP contribution in [0.1, 0.15) is 123 Å². The zero-order chi connectivity index (χ0) is 29.5. The molecule has 0 unspecified atom stereocenters. The summed E-state index contributed by atoms with van der Waals surface area (Å²) in [5.41, 5.74) is 1.12. The molecule has 0 aliphatic rings. The minimum absolute atomic E-state index is 0.144. The molecule has 6 nitrogen and oxygen atoms in total. The fraction of sp³-hybridized carbons (Fsp3) is 0.571. The lowest BCUT2D eigenvalue weighted by atomic mass is 10.1. The highest BCUT2D eigenvalue weighted by molar-refractivity contribution is 5.79. The summed E-state index contributed by atoms with van der Waals surface area (Å²) in [5.74, 6) is 1.30. The van der Waals surface area contributed by atoms with Crippen LogP contribution in [-0.2, 0) is 4.79 Å². The Labute approximate surface area is 247 Å². The van der Waals surface area contributed by atoms with Gasteiger partial charge in [-0.2, -0.15) is 0 Å². The molecule has 0 aliphatic carbocycles. The van der Waals surface area contributed by atoms with E-state index in [2.05, 4.69) is 13.8 Å². The molecule has 1 heterocycles. The van der Waals surface area contributed by atoms with Gasteiger partial charge in [0, 0.05) is 13.0 Å². The van der Waals surface area contributed by atoms with Gasteiger partial charge in [-0.25, -0.2) is 4.98 Å². The number of hydrogen-bond donors (Lipinski definition) is 0. The monoisotopic (exact) mass is 561 g/mol. The molecule has 0 aliphatic heterocycles. The average molecular weight is 562 g/mol. The molecular weight excluding hydrogens is 510 g/mol. The van der Waals surface area contributed by atoms with Gasteiger partial charge in [0.25, 0.3) is 5.56 Å². The van der Waals surface area contributed by atoms with Crippen molar-refractivity contribution in [3.63, 3.8) is 0 Å². The molecule has 2 aromatic carbocycles. The van der Waals surface area contributed by atoms with Gasteiger partial charge in [0.05, 0.1) is 29.7 Å². The second-order valence-electron chi connectivity index (χ2n) is 11.2. The van der Waals surface area contributed by atoms with Gasteiger partial charge in [-0.3, -0.25) is 14.2 Å². The minimum Gasteiger partial charge on any atom is -0.495 e. The highest BCUT2D eigenvalue weighted by atomic mass is 16.5. The highest BCUT2D eigenvalue weighted by Gasteiger charge is 2.27. The molecule has 0 N–H and O–H groups in total. The molecule has 0 saturated heterocycles. The Hall–Kier alpha value is -3.15. The van der Waals surface area contributed by atoms with E-state index in [1.54, 1.807) is 11.7 Å². The molecule has 0 radical (unpaired) electrons. The fourth-order valence-electron chi connectivity index (χ4n) is 5.59. The summed E-state index contributed by atoms with van der Waals surface area (Å²) in [6.07, 6.45) is 15.8. The molecule has 0 saturated carbocycles. The molecule has 224 valence electrons. The number of carbonyl (C=O) groups excluding carboxylic acids is 1. The fourth-order valence-corrected chi connectivity index (χ4v) is 5.59. The van der Waals surface area contributed by atoms with Gasteiger partial charge < -0.3 is 9.64 Å². The maximum Gasteiger partial charge on any atom is 0.266 e. The molecule has 0 bridgehead atoms. The first-order valence-corrected chi connectivity index (χ1v) is 16.0. The molecular formula is C35H51N3O3. The third kappa shape index (κ3) is 9.17. The van der Waals surface area contributed by atoms with E-state index in [0.29, 0.717) is 41.1 Å². The van der Waals surface area contributed by atoms with Crippen molar-refractivity contribution in [2.75, 3.05) is 13.7 Å². The molecule has 3 rings (SSSR count). The van der Waals surface area contributed by atoms with E-state index in [4.69, 9.17) is 9.72 Å². The van der Waals surface area contributed by atoms with Crippen molar-refractivity contribution in [3.05, 3.63) is 64.7 Å². The summed E-state index contributed by atoms with van der Waals surface area (Å²) in [4.78, 5) is 34.6. The Morgan fingerprint density at radius 3 is 2.10 bits per heavy atom. The number of methoxy groups -OCH3 is 1. The first-order valence-electron chi connectivity index (χ1n) is 16.0. The van der Waals surface area contributed by atoms with Crippen molar-refractivity contribution in [2.24, 2.45) is 0 Å². The number of carbonyl (C=O) groups is 1. The molecule has 41 heavy (non-hydrogen) atoms. The van der Waals surface area contributed by atoms with Gasteiger partial charge in [0.15, 0.2) is 0 Å². The van der Waals surface area contributed by atoms with E-state index >= 15 is 0 Å². The molecule has 1 aromatic heterocycles. The molecule has 3 aromatic rings. The summed E-state index contributed by atoms with van der Waals surface area (Å²) < 4.78 is 7.30. The Balaban J connectivity index is 1.86. The molecule has 1 atom stereocenters. The van der Waals surface area contributed by atoms with Crippen LogP contribution in [0.3, 0.4) is 0 Å². The number of unbranched alkanes of at least 4 members (excludes halogenated alkanes) is 11. The van der Waals surface area contributed by atoms with Crippen LogP contribution < -0.4 is 10.3 Å². The average Bonchev–Trinajstić information content (AvgIpc) is 3.00. The second kappa shape index (κ2) is 17.6. The summed E-state index contributed by atoms with van der Waals surface area (Å²) in [6, 6.07) is 14.6. The van der Waals surface area contributed by atoms with E-state index in [9.17, 15) is 9.59 Å². The Morgan fingerprint density at radius 1 is 0.829 bits per heavy atom. The largest absolute Gasteiger partial charge is 0.495 e. The topological polar surface area (TPSA) is 64.4 Å². The van der Waals surface area contributed by atoms with Crippen LogP contribution in [0, 0.1) is 0 Å². The van der Waals surface area contributed by atoms with E-state index in [-0.39, 0.29) is 17.5 Å².